The smallest absolute Gasteiger partial charge is 0.292 e. The van der Waals surface area contributed by atoms with Crippen molar-refractivity contribution in [1.29, 1.82) is 0 Å². The highest BCUT2D eigenvalue weighted by molar-refractivity contribution is 9.10. The maximum atomic E-state index is 11.6. The molecule has 0 radical (unpaired) electrons. The number of carbonyl (C=O) groups is 1. The second-order valence-electron chi connectivity index (χ2n) is 3.25. The van der Waals surface area contributed by atoms with E-state index in [1.54, 1.807) is 12.1 Å². The quantitative estimate of drug-likeness (QED) is 0.833. The summed E-state index contributed by atoms with van der Waals surface area (Å²) in [4.78, 5) is 11.6. The third-order valence-electron chi connectivity index (χ3n) is 1.94. The Morgan fingerprint density at radius 3 is 2.94 bits per heavy atom. The maximum absolute atomic E-state index is 11.6. The predicted octanol–water partition coefficient (Wildman–Crippen LogP) is 0.437. The van der Waals surface area contributed by atoms with Gasteiger partial charge in [-0.2, -0.15) is 0 Å². The van der Waals surface area contributed by atoms with Crippen molar-refractivity contribution in [1.82, 2.24) is 5.27 Å². The first kappa shape index (κ1) is 11.6. The molecule has 1 aromatic carbocycles. The molecule has 1 N–H and O–H groups in total. The third-order valence-corrected chi connectivity index (χ3v) is 2.64. The second kappa shape index (κ2) is 4.96. The van der Waals surface area contributed by atoms with E-state index in [4.69, 9.17) is 0 Å². The van der Waals surface area contributed by atoms with Crippen LogP contribution < -0.4 is 15.1 Å². The van der Waals surface area contributed by atoms with Crippen LogP contribution in [0.4, 0.5) is 5.69 Å². The summed E-state index contributed by atoms with van der Waals surface area (Å²) in [5, 5.41) is 16.7. The molecule has 2 aromatic rings. The van der Waals surface area contributed by atoms with Crippen molar-refractivity contribution >= 4 is 27.5 Å². The Morgan fingerprint density at radius 2 is 2.29 bits per heavy atom. The molecule has 0 atom stereocenters. The number of hydrogen-bond donors (Lipinski definition) is 1. The van der Waals surface area contributed by atoms with Crippen LogP contribution in [-0.4, -0.2) is 11.2 Å². The van der Waals surface area contributed by atoms with Crippen LogP contribution in [0.25, 0.3) is 0 Å². The van der Waals surface area contributed by atoms with Crippen molar-refractivity contribution in [2.24, 2.45) is 0 Å². The summed E-state index contributed by atoms with van der Waals surface area (Å²) >= 11 is 3.31. The second-order valence-corrected chi connectivity index (χ2v) is 4.10. The van der Waals surface area contributed by atoms with E-state index in [2.05, 4.69) is 31.0 Å². The average Bonchev–Trinajstić information content (AvgIpc) is 2.67. The number of aromatic nitrogens is 2. The fraction of sp³-hybridized carbons (Fsp3) is 0.100. The summed E-state index contributed by atoms with van der Waals surface area (Å²) in [6, 6.07) is 7.22. The van der Waals surface area contributed by atoms with Gasteiger partial charge in [0.05, 0.1) is 11.0 Å². The molecule has 1 aromatic heterocycles. The summed E-state index contributed by atoms with van der Waals surface area (Å²) in [6.45, 7) is -0.0763. The minimum atomic E-state index is -0.585. The third kappa shape index (κ3) is 3.04. The van der Waals surface area contributed by atoms with Crippen LogP contribution in [0.3, 0.4) is 0 Å². The molecule has 17 heavy (non-hydrogen) atoms. The van der Waals surface area contributed by atoms with Crippen LogP contribution in [0.1, 0.15) is 0 Å². The van der Waals surface area contributed by atoms with Crippen molar-refractivity contribution in [3.05, 3.63) is 34.9 Å². The normalized spacial score (nSPS) is 10.2. The van der Waals surface area contributed by atoms with Gasteiger partial charge in [0.1, 0.15) is 5.95 Å². The van der Waals surface area contributed by atoms with Crippen molar-refractivity contribution in [2.45, 2.75) is 6.54 Å². The Hall–Kier alpha value is -1.89. The van der Waals surface area contributed by atoms with E-state index in [1.165, 1.54) is 0 Å². The topological polar surface area (TPSA) is 82.1 Å². The van der Waals surface area contributed by atoms with Gasteiger partial charge in [-0.3, -0.25) is 4.79 Å². The highest BCUT2D eigenvalue weighted by Gasteiger charge is 2.12. The zero-order chi connectivity index (χ0) is 12.3. The van der Waals surface area contributed by atoms with Crippen molar-refractivity contribution in [2.75, 3.05) is 5.32 Å². The molecule has 0 spiro atoms. The lowest BCUT2D eigenvalue weighted by Gasteiger charge is -2.03. The molecule has 6 nitrogen and oxygen atoms in total. The number of benzene rings is 1. The first-order valence-corrected chi connectivity index (χ1v) is 5.52. The van der Waals surface area contributed by atoms with E-state index in [0.29, 0.717) is 5.69 Å². The molecule has 0 saturated heterocycles. The van der Waals surface area contributed by atoms with Gasteiger partial charge in [0.25, 0.3) is 12.5 Å². The van der Waals surface area contributed by atoms with Gasteiger partial charge < -0.3 is 14.9 Å². The first-order valence-electron chi connectivity index (χ1n) is 4.73. The predicted molar refractivity (Wildman–Crippen MR) is 58.9 cm³/mol. The van der Waals surface area contributed by atoms with E-state index in [1.807, 2.05) is 12.1 Å². The zero-order valence-electron chi connectivity index (χ0n) is 8.59. The molecular weight excluding hydrogens is 290 g/mol. The van der Waals surface area contributed by atoms with Gasteiger partial charge in [-0.25, -0.2) is 0 Å². The molecule has 0 aliphatic carbocycles. The minimum Gasteiger partial charge on any atom is -0.539 e. The van der Waals surface area contributed by atoms with Gasteiger partial charge in [0.15, 0.2) is 0 Å². The molecule has 2 rings (SSSR count). The van der Waals surface area contributed by atoms with Crippen molar-refractivity contribution in [3.63, 3.8) is 0 Å². The van der Waals surface area contributed by atoms with Gasteiger partial charge in [-0.1, -0.05) is 16.8 Å². The lowest BCUT2D eigenvalue weighted by molar-refractivity contribution is -0.750. The molecule has 0 aliphatic rings. The van der Waals surface area contributed by atoms with E-state index in [-0.39, 0.29) is 12.5 Å². The molecule has 0 fully saturated rings. The molecule has 1 heterocycles. The number of para-hydroxylation sites is 1. The monoisotopic (exact) mass is 297 g/mol. The highest BCUT2D eigenvalue weighted by Crippen LogP contribution is 2.20. The molecule has 0 saturated carbocycles. The van der Waals surface area contributed by atoms with Crippen molar-refractivity contribution < 1.29 is 19.1 Å². The van der Waals surface area contributed by atoms with Gasteiger partial charge in [-0.15, -0.1) is 0 Å². The minimum absolute atomic E-state index is 0.0763. The fourth-order valence-corrected chi connectivity index (χ4v) is 1.62. The van der Waals surface area contributed by atoms with Gasteiger partial charge in [0, 0.05) is 4.47 Å². The Labute approximate surface area is 105 Å². The lowest BCUT2D eigenvalue weighted by Crippen LogP contribution is -2.41. The van der Waals surface area contributed by atoms with Crippen LogP contribution in [0, 0.1) is 0 Å². The van der Waals surface area contributed by atoms with Crippen LogP contribution in [0.5, 0.6) is 5.95 Å². The molecule has 0 unspecified atom stereocenters. The standard InChI is InChI=1S/C10H8BrN3O3/c11-7-3-1-2-4-8(7)12-9(15)5-14-6-10(16)17-13-14/h1-4,6H,5H2,(H-,12,13,15,16). The number of amides is 1. The fourth-order valence-electron chi connectivity index (χ4n) is 1.24. The van der Waals surface area contributed by atoms with E-state index in [9.17, 15) is 9.90 Å². The summed E-state index contributed by atoms with van der Waals surface area (Å²) < 4.78 is 6.22. The SMILES string of the molecule is O=C(C[n+]1cc([O-])on1)Nc1ccccc1Br. The highest BCUT2D eigenvalue weighted by atomic mass is 79.9. The number of carbonyl (C=O) groups excluding carboxylic acids is 1. The molecule has 0 aliphatic heterocycles. The number of nitrogens with one attached hydrogen (secondary N) is 1. The zero-order valence-corrected chi connectivity index (χ0v) is 10.2. The van der Waals surface area contributed by atoms with Crippen LogP contribution in [0.2, 0.25) is 0 Å². The van der Waals surface area contributed by atoms with E-state index in [0.717, 1.165) is 15.4 Å². The molecule has 1 amide bonds. The van der Waals surface area contributed by atoms with E-state index >= 15 is 0 Å². The average molecular weight is 298 g/mol. The Balaban J connectivity index is 2.01. The Bertz CT molecular complexity index is 541. The first-order chi connectivity index (χ1) is 8.15. The van der Waals surface area contributed by atoms with E-state index < -0.39 is 5.95 Å². The molecule has 7 heteroatoms. The number of anilines is 1. The van der Waals surface area contributed by atoms with Crippen molar-refractivity contribution in [3.8, 4) is 5.95 Å². The van der Waals surface area contributed by atoms with Gasteiger partial charge >= 0.3 is 0 Å². The largest absolute Gasteiger partial charge is 0.539 e. The number of halogens is 1. The summed E-state index contributed by atoms with van der Waals surface area (Å²) in [5.74, 6) is -0.881. The molecule has 0 bridgehead atoms. The number of hydrogen-bond acceptors (Lipinski definition) is 4. The summed E-state index contributed by atoms with van der Waals surface area (Å²) in [7, 11) is 0. The Morgan fingerprint density at radius 1 is 1.53 bits per heavy atom. The summed E-state index contributed by atoms with van der Waals surface area (Å²) in [6.07, 6.45) is 1.11. The van der Waals surface area contributed by atoms with Crippen LogP contribution >= 0.6 is 15.9 Å². The van der Waals surface area contributed by atoms with Gasteiger partial charge in [0.2, 0.25) is 6.20 Å². The molecule has 88 valence electrons. The number of rotatable bonds is 3. The summed E-state index contributed by atoms with van der Waals surface area (Å²) in [5.41, 5.74) is 0.656. The maximum Gasteiger partial charge on any atom is 0.292 e. The lowest BCUT2D eigenvalue weighted by atomic mass is 10.3. The number of nitrogens with zero attached hydrogens (tertiary/aromatic N) is 2. The van der Waals surface area contributed by atoms with Gasteiger partial charge in [-0.05, 0) is 28.1 Å². The Kier molecular flexibility index (Phi) is 3.38. The van der Waals surface area contributed by atoms with Crippen LogP contribution in [-0.2, 0) is 11.3 Å². The van der Waals surface area contributed by atoms with Crippen LogP contribution in [0.15, 0.2) is 39.5 Å². The molecular formula is C10H8BrN3O3.